The summed E-state index contributed by atoms with van der Waals surface area (Å²) in [7, 11) is 0. The Balaban J connectivity index is 1.28. The average molecular weight is 789 g/mol. The molecule has 0 radical (unpaired) electrons. The maximum atomic E-state index is 7.29. The Kier molecular flexibility index (Phi) is 8.31. The van der Waals surface area contributed by atoms with Gasteiger partial charge in [-0.05, 0) is 140 Å². The van der Waals surface area contributed by atoms with E-state index in [4.69, 9.17) is 4.42 Å². The van der Waals surface area contributed by atoms with Crippen LogP contribution in [0.25, 0.3) is 32.2 Å². The Morgan fingerprint density at radius 3 is 1.83 bits per heavy atom. The third kappa shape index (κ3) is 5.91. The minimum Gasteiger partial charge on any atom is -0.468 e. The Morgan fingerprint density at radius 2 is 1.15 bits per heavy atom. The van der Waals surface area contributed by atoms with E-state index in [1.807, 2.05) is 11.3 Å². The third-order valence-electron chi connectivity index (χ3n) is 12.8. The molecule has 0 bridgehead atoms. The molecule has 0 fully saturated rings. The van der Waals surface area contributed by atoms with Gasteiger partial charge in [0.25, 0.3) is 6.71 Å². The van der Waals surface area contributed by atoms with Gasteiger partial charge in [0.1, 0.15) is 5.58 Å². The monoisotopic (exact) mass is 788 g/mol. The molecule has 4 heterocycles. The summed E-state index contributed by atoms with van der Waals surface area (Å²) in [6.07, 6.45) is 0. The average Bonchev–Trinajstić information content (AvgIpc) is 3.79. The van der Waals surface area contributed by atoms with Gasteiger partial charge in [0.15, 0.2) is 0 Å². The first-order valence-corrected chi connectivity index (χ1v) is 22.0. The van der Waals surface area contributed by atoms with E-state index in [0.717, 1.165) is 28.0 Å². The minimum atomic E-state index is -0.0996. The molecule has 294 valence electrons. The molecule has 2 aromatic heterocycles. The van der Waals surface area contributed by atoms with Crippen LogP contribution in [0, 0.1) is 13.8 Å². The van der Waals surface area contributed by atoms with E-state index in [-0.39, 0.29) is 23.0 Å². The van der Waals surface area contributed by atoms with E-state index in [1.165, 1.54) is 82.7 Å². The van der Waals surface area contributed by atoms with Crippen molar-refractivity contribution in [1.82, 2.24) is 0 Å². The number of anilines is 6. The summed E-state index contributed by atoms with van der Waals surface area (Å²) in [5.41, 5.74) is 20.6. The maximum absolute atomic E-state index is 7.29. The van der Waals surface area contributed by atoms with Crippen LogP contribution in [0.5, 0.6) is 0 Å². The van der Waals surface area contributed by atoms with E-state index in [1.54, 1.807) is 0 Å². The summed E-state index contributed by atoms with van der Waals surface area (Å²) >= 11 is 1.82. The summed E-state index contributed by atoms with van der Waals surface area (Å²) in [5, 5.41) is 4.78. The van der Waals surface area contributed by atoms with Gasteiger partial charge in [0.05, 0.1) is 17.0 Å². The Labute approximate surface area is 354 Å². The van der Waals surface area contributed by atoms with Gasteiger partial charge >= 0.3 is 0 Å². The maximum Gasteiger partial charge on any atom is 0.297 e. The second kappa shape index (κ2) is 13.0. The third-order valence-corrected chi connectivity index (χ3v) is 13.8. The molecule has 0 spiro atoms. The van der Waals surface area contributed by atoms with Crippen LogP contribution >= 0.6 is 11.3 Å². The van der Waals surface area contributed by atoms with Gasteiger partial charge in [-0.3, -0.25) is 0 Å². The zero-order valence-corrected chi connectivity index (χ0v) is 37.2. The fraction of sp³-hybridized carbons (Fsp3) is 0.259. The SMILES string of the molecule is Cc1cc(-c2csc3ccccc23)cc(C)c1N1c2cccc3c2B(c2cc(C(C)(C)C)ccc2N3c2ccc(C(C)(C)C)cc2)c2oc3ccc(C(C)(C)C)cc3c21. The van der Waals surface area contributed by atoms with Crippen molar-refractivity contribution >= 4 is 89.8 Å². The Bertz CT molecular complexity index is 2960. The highest BCUT2D eigenvalue weighted by molar-refractivity contribution is 7.17. The lowest BCUT2D eigenvalue weighted by Gasteiger charge is -2.43. The van der Waals surface area contributed by atoms with Gasteiger partial charge in [-0.1, -0.05) is 117 Å². The lowest BCUT2D eigenvalue weighted by molar-refractivity contribution is 0.590. The number of thiophene rings is 1. The van der Waals surface area contributed by atoms with Crippen molar-refractivity contribution in [1.29, 1.82) is 0 Å². The van der Waals surface area contributed by atoms with Crippen LogP contribution in [0.15, 0.2) is 125 Å². The molecule has 0 unspecified atom stereocenters. The first-order valence-electron chi connectivity index (χ1n) is 21.1. The van der Waals surface area contributed by atoms with Crippen LogP contribution in [0.4, 0.5) is 34.1 Å². The molecule has 0 atom stereocenters. The van der Waals surface area contributed by atoms with E-state index in [2.05, 4.69) is 207 Å². The Hall–Kier alpha value is -5.52. The van der Waals surface area contributed by atoms with Gasteiger partial charge < -0.3 is 14.2 Å². The second-order valence-corrected chi connectivity index (χ2v) is 20.9. The Morgan fingerprint density at radius 1 is 0.542 bits per heavy atom. The van der Waals surface area contributed by atoms with Crippen LogP contribution in [0.1, 0.15) is 90.1 Å². The molecule has 0 saturated carbocycles. The van der Waals surface area contributed by atoms with E-state index in [0.29, 0.717) is 0 Å². The zero-order valence-electron chi connectivity index (χ0n) is 36.3. The molecule has 2 aliphatic heterocycles. The fourth-order valence-electron chi connectivity index (χ4n) is 9.64. The number of rotatable bonds is 3. The lowest BCUT2D eigenvalue weighted by Crippen LogP contribution is -2.61. The molecular formula is C54H53BN2OS. The first-order chi connectivity index (χ1) is 28.0. The second-order valence-electron chi connectivity index (χ2n) is 20.0. The van der Waals surface area contributed by atoms with Gasteiger partial charge in [-0.2, -0.15) is 0 Å². The first kappa shape index (κ1) is 37.7. The quantitative estimate of drug-likeness (QED) is 0.166. The number of hydrogen-bond donors (Lipinski definition) is 0. The number of fused-ring (bicyclic) bond motifs is 7. The predicted molar refractivity (Wildman–Crippen MR) is 257 cm³/mol. The van der Waals surface area contributed by atoms with Crippen LogP contribution in [-0.4, -0.2) is 6.71 Å². The number of hydrogen-bond acceptors (Lipinski definition) is 4. The van der Waals surface area contributed by atoms with E-state index >= 15 is 0 Å². The van der Waals surface area contributed by atoms with Crippen LogP contribution in [0.3, 0.4) is 0 Å². The summed E-state index contributed by atoms with van der Waals surface area (Å²) < 4.78 is 8.60. The van der Waals surface area contributed by atoms with Gasteiger partial charge in [-0.25, -0.2) is 0 Å². The van der Waals surface area contributed by atoms with Gasteiger partial charge in [-0.15, -0.1) is 11.3 Å². The van der Waals surface area contributed by atoms with Crippen molar-refractivity contribution in [3.05, 3.63) is 148 Å². The highest BCUT2D eigenvalue weighted by Gasteiger charge is 2.47. The number of benzene rings is 6. The van der Waals surface area contributed by atoms with Crippen LogP contribution < -0.4 is 26.4 Å². The number of furan rings is 1. The highest BCUT2D eigenvalue weighted by atomic mass is 32.1. The molecule has 3 nitrogen and oxygen atoms in total. The van der Waals surface area contributed by atoms with Crippen molar-refractivity contribution in [2.45, 2.75) is 92.4 Å². The van der Waals surface area contributed by atoms with Crippen LogP contribution in [-0.2, 0) is 16.2 Å². The summed E-state index contributed by atoms with van der Waals surface area (Å²) in [5.74, 6) is 0. The van der Waals surface area contributed by atoms with E-state index in [9.17, 15) is 0 Å². The van der Waals surface area contributed by atoms with Crippen molar-refractivity contribution in [2.75, 3.05) is 9.80 Å². The lowest BCUT2D eigenvalue weighted by atomic mass is 9.35. The zero-order chi connectivity index (χ0) is 41.3. The standard InChI is InChI=1S/C54H53BN2OS/c1-32-27-34(41-31-59-47-18-13-12-15-39(41)47)28-33(2)49(32)57-45-17-14-16-44-48(45)55(51-50(57)40-29-36(53(6,7)8)22-26-46(40)58-51)42-30-37(54(9,10)11)21-25-43(42)56(44)38-23-19-35(20-24-38)52(3,4)5/h12-31H,1-11H3. The molecule has 10 rings (SSSR count). The molecule has 0 saturated heterocycles. The molecular weight excluding hydrogens is 735 g/mol. The fourth-order valence-corrected chi connectivity index (χ4v) is 10.6. The minimum absolute atomic E-state index is 0.0260. The topological polar surface area (TPSA) is 19.6 Å². The van der Waals surface area contributed by atoms with E-state index < -0.39 is 0 Å². The largest absolute Gasteiger partial charge is 0.468 e. The molecule has 0 N–H and O–H groups in total. The summed E-state index contributed by atoms with van der Waals surface area (Å²) in [4.78, 5) is 5.06. The van der Waals surface area contributed by atoms with Crippen molar-refractivity contribution in [3.8, 4) is 11.1 Å². The van der Waals surface area contributed by atoms with Crippen molar-refractivity contribution < 1.29 is 4.42 Å². The summed E-state index contributed by atoms with van der Waals surface area (Å²) in [6.45, 7) is 25.2. The summed E-state index contributed by atoms with van der Waals surface area (Å²) in [6, 6.07) is 43.7. The molecule has 0 aliphatic carbocycles. The molecule has 0 amide bonds. The molecule has 59 heavy (non-hydrogen) atoms. The number of nitrogens with zero attached hydrogens (tertiary/aromatic N) is 2. The smallest absolute Gasteiger partial charge is 0.297 e. The van der Waals surface area contributed by atoms with Crippen molar-refractivity contribution in [2.24, 2.45) is 0 Å². The molecule has 5 heteroatoms. The predicted octanol–water partition coefficient (Wildman–Crippen LogP) is 13.9. The normalized spacial score (nSPS) is 13.9. The van der Waals surface area contributed by atoms with Gasteiger partial charge in [0.2, 0.25) is 0 Å². The van der Waals surface area contributed by atoms with Gasteiger partial charge in [0, 0.05) is 43.8 Å². The molecule has 2 aliphatic rings. The number of aryl methyl sites for hydroxylation is 2. The molecule has 8 aromatic rings. The van der Waals surface area contributed by atoms with Crippen LogP contribution in [0.2, 0.25) is 0 Å². The molecule has 6 aromatic carbocycles. The highest BCUT2D eigenvalue weighted by Crippen LogP contribution is 2.50. The van der Waals surface area contributed by atoms with Crippen molar-refractivity contribution in [3.63, 3.8) is 0 Å².